The number of likely N-dealkylation sites (N-methyl/N-ethyl adjacent to an activating group) is 2. The number of nitrogens with zero attached hydrogens (tertiary/aromatic N) is 2. The minimum absolute atomic E-state index is 0.103. The van der Waals surface area contributed by atoms with Crippen molar-refractivity contribution < 1.29 is 14.0 Å². The second kappa shape index (κ2) is 10.8. The zero-order valence-electron chi connectivity index (χ0n) is 16.4. The van der Waals surface area contributed by atoms with Gasteiger partial charge in [-0.1, -0.05) is 24.3 Å². The molecule has 0 heterocycles. The summed E-state index contributed by atoms with van der Waals surface area (Å²) in [6.07, 6.45) is 1.95. The van der Waals surface area contributed by atoms with Crippen LogP contribution in [0.25, 0.3) is 0 Å². The van der Waals surface area contributed by atoms with Gasteiger partial charge in [0.1, 0.15) is 5.82 Å². The Morgan fingerprint density at radius 1 is 1.11 bits per heavy atom. The first-order valence-electron chi connectivity index (χ1n) is 9.06. The van der Waals surface area contributed by atoms with E-state index >= 15 is 0 Å². The van der Waals surface area contributed by atoms with E-state index in [2.05, 4.69) is 5.32 Å². The fourth-order valence-corrected chi connectivity index (χ4v) is 3.36. The van der Waals surface area contributed by atoms with Crippen LogP contribution in [-0.4, -0.2) is 54.6 Å². The van der Waals surface area contributed by atoms with Crippen LogP contribution >= 0.6 is 11.8 Å². The smallest absolute Gasteiger partial charge is 0.238 e. The third kappa shape index (κ3) is 6.65. The molecule has 0 spiro atoms. The van der Waals surface area contributed by atoms with Crippen LogP contribution in [0.3, 0.4) is 0 Å². The second-order valence-electron chi connectivity index (χ2n) is 6.46. The molecule has 28 heavy (non-hydrogen) atoms. The molecule has 2 aromatic rings. The number of halogens is 1. The molecule has 0 unspecified atom stereocenters. The van der Waals surface area contributed by atoms with Crippen molar-refractivity contribution in [2.45, 2.75) is 18.4 Å². The molecule has 2 aromatic carbocycles. The summed E-state index contributed by atoms with van der Waals surface area (Å²) in [5.41, 5.74) is 1.50. The second-order valence-corrected chi connectivity index (χ2v) is 7.31. The van der Waals surface area contributed by atoms with Gasteiger partial charge in [-0.2, -0.15) is 0 Å². The molecule has 2 amide bonds. The molecule has 0 saturated carbocycles. The lowest BCUT2D eigenvalue weighted by Crippen LogP contribution is -2.41. The maximum atomic E-state index is 13.4. The highest BCUT2D eigenvalue weighted by molar-refractivity contribution is 7.98. The van der Waals surface area contributed by atoms with E-state index in [1.54, 1.807) is 40.7 Å². The van der Waals surface area contributed by atoms with E-state index in [0.717, 1.165) is 16.1 Å². The Labute approximate surface area is 169 Å². The van der Waals surface area contributed by atoms with Gasteiger partial charge in [-0.05, 0) is 50.1 Å². The standard InChI is InChI=1S/C21H26FN3O2S/c1-4-25(13-16-8-7-9-17(22)12-16)21(27)15-24(2)14-20(26)23-18-10-5-6-11-19(18)28-3/h5-12H,4,13-15H2,1-3H3,(H,23,26). The van der Waals surface area contributed by atoms with Crippen LogP contribution in [0, 0.1) is 5.82 Å². The van der Waals surface area contributed by atoms with E-state index in [1.807, 2.05) is 37.4 Å². The summed E-state index contributed by atoms with van der Waals surface area (Å²) in [4.78, 5) is 29.2. The van der Waals surface area contributed by atoms with Crippen LogP contribution in [0.2, 0.25) is 0 Å². The van der Waals surface area contributed by atoms with Crippen molar-refractivity contribution in [1.82, 2.24) is 9.80 Å². The first kappa shape index (κ1) is 21.9. The van der Waals surface area contributed by atoms with E-state index < -0.39 is 0 Å². The lowest BCUT2D eigenvalue weighted by Gasteiger charge is -2.24. The summed E-state index contributed by atoms with van der Waals surface area (Å²) in [7, 11) is 1.73. The molecule has 0 radical (unpaired) electrons. The van der Waals surface area contributed by atoms with Crippen LogP contribution in [0.15, 0.2) is 53.4 Å². The predicted octanol–water partition coefficient (Wildman–Crippen LogP) is 3.47. The number of nitrogens with one attached hydrogen (secondary N) is 1. The van der Waals surface area contributed by atoms with E-state index in [1.165, 1.54) is 12.1 Å². The number of amides is 2. The molecule has 2 rings (SSSR count). The molecule has 1 N–H and O–H groups in total. The number of thioether (sulfide) groups is 1. The average molecular weight is 404 g/mol. The first-order valence-corrected chi connectivity index (χ1v) is 10.3. The summed E-state index contributed by atoms with van der Waals surface area (Å²) < 4.78 is 13.4. The van der Waals surface area contributed by atoms with Gasteiger partial charge in [0.25, 0.3) is 0 Å². The largest absolute Gasteiger partial charge is 0.338 e. The molecule has 0 aliphatic carbocycles. The highest BCUT2D eigenvalue weighted by Crippen LogP contribution is 2.24. The molecule has 150 valence electrons. The van der Waals surface area contributed by atoms with Gasteiger partial charge in [-0.3, -0.25) is 14.5 Å². The zero-order chi connectivity index (χ0) is 20.5. The van der Waals surface area contributed by atoms with Crippen molar-refractivity contribution in [2.24, 2.45) is 0 Å². The summed E-state index contributed by atoms with van der Waals surface area (Å²) in [5, 5.41) is 2.89. The number of hydrogen-bond donors (Lipinski definition) is 1. The van der Waals surface area contributed by atoms with Gasteiger partial charge in [0.15, 0.2) is 0 Å². The van der Waals surface area contributed by atoms with Crippen molar-refractivity contribution in [2.75, 3.05) is 38.3 Å². The van der Waals surface area contributed by atoms with Crippen LogP contribution < -0.4 is 5.32 Å². The van der Waals surface area contributed by atoms with Gasteiger partial charge in [-0.25, -0.2) is 4.39 Å². The fraction of sp³-hybridized carbons (Fsp3) is 0.333. The van der Waals surface area contributed by atoms with Gasteiger partial charge in [0.05, 0.1) is 18.8 Å². The summed E-state index contributed by atoms with van der Waals surface area (Å²) in [5.74, 6) is -0.600. The number of para-hydroxylation sites is 1. The van der Waals surface area contributed by atoms with Gasteiger partial charge >= 0.3 is 0 Å². The quantitative estimate of drug-likeness (QED) is 0.652. The third-order valence-corrected chi connectivity index (χ3v) is 4.99. The van der Waals surface area contributed by atoms with Crippen LogP contribution in [0.1, 0.15) is 12.5 Å². The third-order valence-electron chi connectivity index (χ3n) is 4.20. The Hall–Kier alpha value is -2.38. The molecule has 0 aliphatic heterocycles. The Morgan fingerprint density at radius 2 is 1.86 bits per heavy atom. The van der Waals surface area contributed by atoms with Crippen molar-refractivity contribution in [3.8, 4) is 0 Å². The topological polar surface area (TPSA) is 52.7 Å². The lowest BCUT2D eigenvalue weighted by atomic mass is 10.2. The highest BCUT2D eigenvalue weighted by atomic mass is 32.2. The molecule has 0 bridgehead atoms. The van der Waals surface area contributed by atoms with Crippen LogP contribution in [0.4, 0.5) is 10.1 Å². The molecular formula is C21H26FN3O2S. The molecule has 0 aromatic heterocycles. The molecule has 0 saturated heterocycles. The molecule has 5 nitrogen and oxygen atoms in total. The van der Waals surface area contributed by atoms with Crippen molar-refractivity contribution in [1.29, 1.82) is 0 Å². The average Bonchev–Trinajstić information content (AvgIpc) is 2.66. The number of benzene rings is 2. The molecule has 0 atom stereocenters. The maximum absolute atomic E-state index is 13.4. The number of carbonyl (C=O) groups is 2. The number of rotatable bonds is 9. The normalized spacial score (nSPS) is 10.8. The molecule has 7 heteroatoms. The van der Waals surface area contributed by atoms with E-state index in [4.69, 9.17) is 0 Å². The Kier molecular flexibility index (Phi) is 8.47. The first-order chi connectivity index (χ1) is 13.4. The fourth-order valence-electron chi connectivity index (χ4n) is 2.80. The van der Waals surface area contributed by atoms with Gasteiger partial charge in [0.2, 0.25) is 11.8 Å². The van der Waals surface area contributed by atoms with Crippen molar-refractivity contribution in [3.63, 3.8) is 0 Å². The molecule has 0 aliphatic rings. The minimum Gasteiger partial charge on any atom is -0.338 e. The Morgan fingerprint density at radius 3 is 2.54 bits per heavy atom. The van der Waals surface area contributed by atoms with Gasteiger partial charge in [-0.15, -0.1) is 11.8 Å². The predicted molar refractivity (Wildman–Crippen MR) is 112 cm³/mol. The Bertz CT molecular complexity index is 816. The zero-order valence-corrected chi connectivity index (χ0v) is 17.3. The van der Waals surface area contributed by atoms with E-state index in [9.17, 15) is 14.0 Å². The van der Waals surface area contributed by atoms with Crippen LogP contribution in [0.5, 0.6) is 0 Å². The van der Waals surface area contributed by atoms with Crippen molar-refractivity contribution in [3.05, 3.63) is 59.9 Å². The Balaban J connectivity index is 1.88. The number of hydrogen-bond acceptors (Lipinski definition) is 4. The maximum Gasteiger partial charge on any atom is 0.238 e. The summed E-state index contributed by atoms with van der Waals surface area (Å²) >= 11 is 1.56. The summed E-state index contributed by atoms with van der Waals surface area (Å²) in [6.45, 7) is 2.95. The van der Waals surface area contributed by atoms with Crippen LogP contribution in [-0.2, 0) is 16.1 Å². The minimum atomic E-state index is -0.319. The van der Waals surface area contributed by atoms with Gasteiger partial charge < -0.3 is 10.2 Å². The monoisotopic (exact) mass is 403 g/mol. The van der Waals surface area contributed by atoms with E-state index in [-0.39, 0.29) is 30.7 Å². The number of anilines is 1. The number of carbonyl (C=O) groups excluding carboxylic acids is 2. The lowest BCUT2D eigenvalue weighted by molar-refractivity contribution is -0.132. The molecular weight excluding hydrogens is 377 g/mol. The van der Waals surface area contributed by atoms with Gasteiger partial charge in [0, 0.05) is 18.0 Å². The summed E-state index contributed by atoms with van der Waals surface area (Å²) in [6, 6.07) is 13.8. The molecule has 0 fully saturated rings. The van der Waals surface area contributed by atoms with E-state index in [0.29, 0.717) is 13.1 Å². The highest BCUT2D eigenvalue weighted by Gasteiger charge is 2.17. The SMILES string of the molecule is CCN(Cc1cccc(F)c1)C(=O)CN(C)CC(=O)Nc1ccccc1SC. The van der Waals surface area contributed by atoms with Crippen molar-refractivity contribution >= 4 is 29.3 Å².